The van der Waals surface area contributed by atoms with Gasteiger partial charge in [-0.1, -0.05) is 58.4 Å². The minimum atomic E-state index is 0.533. The van der Waals surface area contributed by atoms with Crippen LogP contribution in [-0.4, -0.2) is 7.11 Å². The number of halogens is 1. The first-order valence-corrected chi connectivity index (χ1v) is 7.06. The van der Waals surface area contributed by atoms with Crippen LogP contribution in [0.2, 0.25) is 0 Å². The van der Waals surface area contributed by atoms with E-state index >= 15 is 0 Å². The maximum Gasteiger partial charge on any atom is 0.292 e. The zero-order valence-corrected chi connectivity index (χ0v) is 12.6. The lowest BCUT2D eigenvalue weighted by atomic mass is 10.1. The summed E-state index contributed by atoms with van der Waals surface area (Å²) in [5.41, 5.74) is 3.06. The highest BCUT2D eigenvalue weighted by atomic mass is 79.9. The van der Waals surface area contributed by atoms with Crippen LogP contribution in [0.4, 0.5) is 0 Å². The molecule has 0 saturated heterocycles. The second-order valence-corrected chi connectivity index (χ2v) is 5.30. The number of ether oxygens (including phenoxy) is 1. The molecule has 0 fully saturated rings. The van der Waals surface area contributed by atoms with Crippen molar-refractivity contribution in [2.75, 3.05) is 7.11 Å². The summed E-state index contributed by atoms with van der Waals surface area (Å²) in [7, 11) is 1.62. The van der Waals surface area contributed by atoms with E-state index in [4.69, 9.17) is 9.15 Å². The van der Waals surface area contributed by atoms with Crippen LogP contribution < -0.4 is 4.74 Å². The standard InChI is InChI=1S/C17H13BrO2/c1-19-17-15(12-7-9-14(18)10-8-12)11-16(20-17)13-5-3-2-4-6-13/h2-11H,1H3. The Morgan fingerprint density at radius 3 is 2.25 bits per heavy atom. The van der Waals surface area contributed by atoms with Crippen LogP contribution in [0, 0.1) is 0 Å². The summed E-state index contributed by atoms with van der Waals surface area (Å²) in [6.07, 6.45) is 0. The van der Waals surface area contributed by atoms with Gasteiger partial charge in [0.2, 0.25) is 0 Å². The first-order chi connectivity index (χ1) is 9.78. The third-order valence-corrected chi connectivity index (χ3v) is 3.63. The smallest absolute Gasteiger partial charge is 0.292 e. The molecule has 100 valence electrons. The number of hydrogen-bond donors (Lipinski definition) is 0. The average molecular weight is 329 g/mol. The highest BCUT2D eigenvalue weighted by Crippen LogP contribution is 2.37. The molecule has 0 aliphatic carbocycles. The van der Waals surface area contributed by atoms with Crippen LogP contribution in [0.1, 0.15) is 0 Å². The van der Waals surface area contributed by atoms with Gasteiger partial charge in [-0.25, -0.2) is 0 Å². The maximum absolute atomic E-state index is 5.80. The predicted molar refractivity (Wildman–Crippen MR) is 83.8 cm³/mol. The second-order valence-electron chi connectivity index (χ2n) is 4.39. The molecule has 2 nitrogen and oxygen atoms in total. The number of hydrogen-bond acceptors (Lipinski definition) is 2. The van der Waals surface area contributed by atoms with Gasteiger partial charge in [-0.15, -0.1) is 0 Å². The summed E-state index contributed by atoms with van der Waals surface area (Å²) in [5.74, 6) is 1.34. The number of rotatable bonds is 3. The van der Waals surface area contributed by atoms with Gasteiger partial charge in [0.1, 0.15) is 5.76 Å². The van der Waals surface area contributed by atoms with Gasteiger partial charge in [0.15, 0.2) is 0 Å². The zero-order valence-electron chi connectivity index (χ0n) is 11.0. The molecule has 0 radical (unpaired) electrons. The monoisotopic (exact) mass is 328 g/mol. The fourth-order valence-electron chi connectivity index (χ4n) is 2.10. The first-order valence-electron chi connectivity index (χ1n) is 6.27. The molecule has 0 atom stereocenters. The van der Waals surface area contributed by atoms with E-state index in [1.54, 1.807) is 7.11 Å². The molecule has 0 aliphatic rings. The van der Waals surface area contributed by atoms with Crippen LogP contribution in [0.15, 0.2) is 69.6 Å². The summed E-state index contributed by atoms with van der Waals surface area (Å²) in [6.45, 7) is 0. The van der Waals surface area contributed by atoms with Crippen LogP contribution >= 0.6 is 15.9 Å². The van der Waals surface area contributed by atoms with E-state index < -0.39 is 0 Å². The van der Waals surface area contributed by atoms with Gasteiger partial charge in [0, 0.05) is 10.0 Å². The van der Waals surface area contributed by atoms with Crippen LogP contribution in [0.3, 0.4) is 0 Å². The highest BCUT2D eigenvalue weighted by Gasteiger charge is 2.14. The largest absolute Gasteiger partial charge is 0.468 e. The van der Waals surface area contributed by atoms with Crippen molar-refractivity contribution in [3.05, 3.63) is 65.1 Å². The molecular weight excluding hydrogens is 316 g/mol. The van der Waals surface area contributed by atoms with E-state index in [1.807, 2.05) is 60.7 Å². The minimum absolute atomic E-state index is 0.533. The molecule has 0 amide bonds. The summed E-state index contributed by atoms with van der Waals surface area (Å²) < 4.78 is 12.2. The van der Waals surface area contributed by atoms with Crippen molar-refractivity contribution in [3.63, 3.8) is 0 Å². The van der Waals surface area contributed by atoms with Gasteiger partial charge in [-0.3, -0.25) is 0 Å². The van der Waals surface area contributed by atoms with Crippen molar-refractivity contribution < 1.29 is 9.15 Å². The van der Waals surface area contributed by atoms with Crippen molar-refractivity contribution in [2.45, 2.75) is 0 Å². The number of furan rings is 1. The van der Waals surface area contributed by atoms with Gasteiger partial charge in [-0.05, 0) is 23.8 Å². The van der Waals surface area contributed by atoms with E-state index in [1.165, 1.54) is 0 Å². The molecule has 0 spiro atoms. The molecule has 3 aromatic rings. The van der Waals surface area contributed by atoms with Crippen molar-refractivity contribution in [2.24, 2.45) is 0 Å². The van der Waals surface area contributed by atoms with Crippen LogP contribution in [0.5, 0.6) is 5.95 Å². The quantitative estimate of drug-likeness (QED) is 0.643. The molecule has 20 heavy (non-hydrogen) atoms. The minimum Gasteiger partial charge on any atom is -0.468 e. The summed E-state index contributed by atoms with van der Waals surface area (Å²) >= 11 is 3.44. The van der Waals surface area contributed by atoms with Crippen LogP contribution in [0.25, 0.3) is 22.5 Å². The molecule has 1 aromatic heterocycles. The number of methoxy groups -OCH3 is 1. The van der Waals surface area contributed by atoms with E-state index in [0.29, 0.717) is 5.95 Å². The Balaban J connectivity index is 2.07. The van der Waals surface area contributed by atoms with Crippen molar-refractivity contribution in [3.8, 4) is 28.4 Å². The van der Waals surface area contributed by atoms with E-state index in [9.17, 15) is 0 Å². The van der Waals surface area contributed by atoms with Crippen molar-refractivity contribution in [1.29, 1.82) is 0 Å². The van der Waals surface area contributed by atoms with Gasteiger partial charge in [0.25, 0.3) is 5.95 Å². The number of benzene rings is 2. The first kappa shape index (κ1) is 13.0. The van der Waals surface area contributed by atoms with E-state index in [2.05, 4.69) is 15.9 Å². The molecule has 0 aliphatic heterocycles. The lowest BCUT2D eigenvalue weighted by Crippen LogP contribution is -1.82. The van der Waals surface area contributed by atoms with Gasteiger partial charge in [-0.2, -0.15) is 0 Å². The Morgan fingerprint density at radius 1 is 0.900 bits per heavy atom. The Morgan fingerprint density at radius 2 is 1.60 bits per heavy atom. The molecule has 0 bridgehead atoms. The summed E-state index contributed by atoms with van der Waals surface area (Å²) in [4.78, 5) is 0. The SMILES string of the molecule is COc1oc(-c2ccccc2)cc1-c1ccc(Br)cc1. The van der Waals surface area contributed by atoms with Crippen molar-refractivity contribution in [1.82, 2.24) is 0 Å². The van der Waals surface area contributed by atoms with Gasteiger partial charge >= 0.3 is 0 Å². The summed E-state index contributed by atoms with van der Waals surface area (Å²) in [6, 6.07) is 20.1. The Bertz CT molecular complexity index is 700. The Kier molecular flexibility index (Phi) is 3.61. The molecule has 0 N–H and O–H groups in total. The van der Waals surface area contributed by atoms with Crippen LogP contribution in [-0.2, 0) is 0 Å². The lowest BCUT2D eigenvalue weighted by molar-refractivity contribution is 0.310. The zero-order chi connectivity index (χ0) is 13.9. The molecular formula is C17H13BrO2. The highest BCUT2D eigenvalue weighted by molar-refractivity contribution is 9.10. The molecule has 2 aromatic carbocycles. The average Bonchev–Trinajstić information content (AvgIpc) is 2.93. The van der Waals surface area contributed by atoms with Crippen molar-refractivity contribution >= 4 is 15.9 Å². The van der Waals surface area contributed by atoms with Gasteiger partial charge < -0.3 is 9.15 Å². The molecule has 1 heterocycles. The van der Waals surface area contributed by atoms with Gasteiger partial charge in [0.05, 0.1) is 12.7 Å². The second kappa shape index (κ2) is 5.55. The molecule has 0 unspecified atom stereocenters. The fraction of sp³-hybridized carbons (Fsp3) is 0.0588. The Hall–Kier alpha value is -2.00. The third-order valence-electron chi connectivity index (χ3n) is 3.10. The predicted octanol–water partition coefficient (Wildman–Crippen LogP) is 5.38. The molecule has 0 saturated carbocycles. The summed E-state index contributed by atoms with van der Waals surface area (Å²) in [5, 5.41) is 0. The normalized spacial score (nSPS) is 10.5. The molecule has 3 rings (SSSR count). The maximum atomic E-state index is 5.80. The van der Waals surface area contributed by atoms with E-state index in [-0.39, 0.29) is 0 Å². The third kappa shape index (κ3) is 2.49. The van der Waals surface area contributed by atoms with E-state index in [0.717, 1.165) is 26.9 Å². The fourth-order valence-corrected chi connectivity index (χ4v) is 2.37. The topological polar surface area (TPSA) is 22.4 Å². The lowest BCUT2D eigenvalue weighted by Gasteiger charge is -2.00. The Labute approximate surface area is 126 Å². The molecule has 3 heteroatoms.